The molecule has 1 aromatic heterocycles. The maximum atomic E-state index is 12.6. The van der Waals surface area contributed by atoms with Crippen molar-refractivity contribution in [1.29, 1.82) is 0 Å². The molecule has 1 aliphatic heterocycles. The minimum Gasteiger partial charge on any atom is -0.395 e. The van der Waals surface area contributed by atoms with Gasteiger partial charge in [-0.05, 0) is 43.2 Å². The van der Waals surface area contributed by atoms with Crippen molar-refractivity contribution in [3.8, 4) is 0 Å². The maximum Gasteiger partial charge on any atom is 0.275 e. The summed E-state index contributed by atoms with van der Waals surface area (Å²) in [7, 11) is 0. The number of aliphatic hydroxyl groups excluding tert-OH is 1. The molecule has 1 saturated heterocycles. The highest BCUT2D eigenvalue weighted by Gasteiger charge is 2.36. The number of nitrogens with zero attached hydrogens (tertiary/aromatic N) is 2. The van der Waals surface area contributed by atoms with Crippen molar-refractivity contribution in [1.82, 2.24) is 4.57 Å². The molecule has 1 aromatic carbocycles. The van der Waals surface area contributed by atoms with Gasteiger partial charge in [0.2, 0.25) is 0 Å². The maximum absolute atomic E-state index is 12.6. The van der Waals surface area contributed by atoms with Crippen LogP contribution in [0.2, 0.25) is 0 Å². The third kappa shape index (κ3) is 3.12. The van der Waals surface area contributed by atoms with Gasteiger partial charge < -0.3 is 20.3 Å². The molecule has 3 N–H and O–H groups in total. The zero-order valence-corrected chi connectivity index (χ0v) is 15.1. The highest BCUT2D eigenvalue weighted by molar-refractivity contribution is 5.66. The number of aliphatic hydroxyl groups is 1. The number of anilines is 2. The van der Waals surface area contributed by atoms with Crippen molar-refractivity contribution in [3.05, 3.63) is 58.5 Å². The number of piperidine rings is 1. The Labute approximate surface area is 154 Å². The highest BCUT2D eigenvalue weighted by Crippen LogP contribution is 2.37. The molecule has 2 fully saturated rings. The normalized spacial score (nSPS) is 19.5. The minimum absolute atomic E-state index is 0.0727. The summed E-state index contributed by atoms with van der Waals surface area (Å²) in [5.74, 6) is 0.643. The van der Waals surface area contributed by atoms with Crippen LogP contribution in [-0.2, 0) is 12.0 Å². The van der Waals surface area contributed by atoms with Crippen molar-refractivity contribution in [2.45, 2.75) is 37.6 Å². The lowest BCUT2D eigenvalue weighted by molar-refractivity contribution is 0.165. The van der Waals surface area contributed by atoms with Crippen LogP contribution in [0.25, 0.3) is 0 Å². The highest BCUT2D eigenvalue weighted by atomic mass is 16.3. The van der Waals surface area contributed by atoms with Gasteiger partial charge in [0.05, 0.1) is 12.3 Å². The summed E-state index contributed by atoms with van der Waals surface area (Å²) in [6, 6.07) is 12.2. The molecule has 0 bridgehead atoms. The van der Waals surface area contributed by atoms with Crippen LogP contribution in [0.1, 0.15) is 31.2 Å². The van der Waals surface area contributed by atoms with E-state index in [2.05, 4.69) is 17.0 Å². The number of benzene rings is 1. The largest absolute Gasteiger partial charge is 0.395 e. The fraction of sp³-hybridized carbons (Fsp3) is 0.476. The molecular formula is C21H27N3O2. The van der Waals surface area contributed by atoms with Crippen molar-refractivity contribution >= 4 is 11.4 Å². The van der Waals surface area contributed by atoms with Crippen LogP contribution in [0.15, 0.2) is 47.4 Å². The predicted molar refractivity (Wildman–Crippen MR) is 104 cm³/mol. The first-order chi connectivity index (χ1) is 12.6. The number of aromatic nitrogens is 1. The lowest BCUT2D eigenvalue weighted by Crippen LogP contribution is -2.45. The zero-order chi connectivity index (χ0) is 18.1. The van der Waals surface area contributed by atoms with E-state index in [-0.39, 0.29) is 17.6 Å². The van der Waals surface area contributed by atoms with Gasteiger partial charge in [-0.25, -0.2) is 0 Å². The Bertz CT molecular complexity index is 819. The van der Waals surface area contributed by atoms with Crippen LogP contribution in [0.3, 0.4) is 0 Å². The Morgan fingerprint density at radius 3 is 2.42 bits per heavy atom. The van der Waals surface area contributed by atoms with E-state index in [0.717, 1.165) is 38.2 Å². The zero-order valence-electron chi connectivity index (χ0n) is 15.1. The molecule has 26 heavy (non-hydrogen) atoms. The van der Waals surface area contributed by atoms with Gasteiger partial charge in [0.25, 0.3) is 5.56 Å². The van der Waals surface area contributed by atoms with Crippen molar-refractivity contribution in [2.75, 3.05) is 30.3 Å². The van der Waals surface area contributed by atoms with Gasteiger partial charge in [-0.3, -0.25) is 4.79 Å². The van der Waals surface area contributed by atoms with Crippen LogP contribution in [-0.4, -0.2) is 29.4 Å². The Morgan fingerprint density at radius 2 is 1.81 bits per heavy atom. The Balaban J connectivity index is 1.52. The molecule has 138 valence electrons. The summed E-state index contributed by atoms with van der Waals surface area (Å²) < 4.78 is 1.75. The van der Waals surface area contributed by atoms with Crippen molar-refractivity contribution in [3.63, 3.8) is 0 Å². The molecule has 2 aliphatic rings. The Kier molecular flexibility index (Phi) is 4.49. The molecule has 0 radical (unpaired) electrons. The number of hydrogen-bond acceptors (Lipinski definition) is 4. The summed E-state index contributed by atoms with van der Waals surface area (Å²) in [6.07, 6.45) is 6.00. The van der Waals surface area contributed by atoms with Crippen LogP contribution in [0, 0.1) is 5.92 Å². The van der Waals surface area contributed by atoms with E-state index in [4.69, 9.17) is 5.73 Å². The van der Waals surface area contributed by atoms with Gasteiger partial charge in [-0.1, -0.05) is 30.3 Å². The van der Waals surface area contributed by atoms with Crippen LogP contribution >= 0.6 is 0 Å². The second kappa shape index (κ2) is 6.80. The summed E-state index contributed by atoms with van der Waals surface area (Å²) >= 11 is 0. The molecule has 1 saturated carbocycles. The molecule has 5 nitrogen and oxygen atoms in total. The van der Waals surface area contributed by atoms with E-state index in [1.54, 1.807) is 4.57 Å². The molecule has 2 aromatic rings. The SMILES string of the molecule is Nc1c(N2CCC(CO)(c3ccccc3)CC2)ccn(CC2CC2)c1=O. The molecule has 0 spiro atoms. The molecule has 5 heteroatoms. The monoisotopic (exact) mass is 353 g/mol. The third-order valence-corrected chi connectivity index (χ3v) is 6.08. The van der Waals surface area contributed by atoms with E-state index in [0.29, 0.717) is 11.6 Å². The second-order valence-electron chi connectivity index (χ2n) is 7.81. The van der Waals surface area contributed by atoms with Crippen LogP contribution in [0.4, 0.5) is 11.4 Å². The van der Waals surface area contributed by atoms with Gasteiger partial charge >= 0.3 is 0 Å². The first-order valence-electron chi connectivity index (χ1n) is 9.53. The number of nitrogens with two attached hydrogens (primary N) is 1. The van der Waals surface area contributed by atoms with Crippen molar-refractivity contribution < 1.29 is 5.11 Å². The molecule has 0 amide bonds. The van der Waals surface area contributed by atoms with E-state index < -0.39 is 0 Å². The first-order valence-corrected chi connectivity index (χ1v) is 9.53. The van der Waals surface area contributed by atoms with Crippen LogP contribution < -0.4 is 16.2 Å². The number of rotatable bonds is 5. The quantitative estimate of drug-likeness (QED) is 0.866. The lowest BCUT2D eigenvalue weighted by atomic mass is 9.73. The molecular weight excluding hydrogens is 326 g/mol. The smallest absolute Gasteiger partial charge is 0.275 e. The Hall–Kier alpha value is -2.27. The molecule has 0 atom stereocenters. The predicted octanol–water partition coefficient (Wildman–Crippen LogP) is 2.37. The number of hydrogen-bond donors (Lipinski definition) is 2. The fourth-order valence-electron chi connectivity index (χ4n) is 4.09. The fourth-order valence-corrected chi connectivity index (χ4v) is 4.09. The third-order valence-electron chi connectivity index (χ3n) is 6.08. The number of pyridine rings is 1. The second-order valence-corrected chi connectivity index (χ2v) is 7.81. The van der Waals surface area contributed by atoms with E-state index in [9.17, 15) is 9.90 Å². The molecule has 1 aliphatic carbocycles. The summed E-state index contributed by atoms with van der Waals surface area (Å²) in [5, 5.41) is 10.1. The summed E-state index contributed by atoms with van der Waals surface area (Å²) in [4.78, 5) is 14.8. The molecule has 2 heterocycles. The molecule has 0 unspecified atom stereocenters. The van der Waals surface area contributed by atoms with Gasteiger partial charge in [-0.15, -0.1) is 0 Å². The molecule has 4 rings (SSSR count). The number of nitrogen functional groups attached to an aromatic ring is 1. The van der Waals surface area contributed by atoms with Crippen LogP contribution in [0.5, 0.6) is 0 Å². The van der Waals surface area contributed by atoms with Gasteiger partial charge in [0.15, 0.2) is 0 Å². The average Bonchev–Trinajstić information content (AvgIpc) is 3.51. The lowest BCUT2D eigenvalue weighted by Gasteiger charge is -2.42. The topological polar surface area (TPSA) is 71.5 Å². The van der Waals surface area contributed by atoms with Gasteiger partial charge in [0, 0.05) is 31.2 Å². The van der Waals surface area contributed by atoms with Crippen molar-refractivity contribution in [2.24, 2.45) is 5.92 Å². The van der Waals surface area contributed by atoms with E-state index in [1.807, 2.05) is 30.5 Å². The average molecular weight is 353 g/mol. The van der Waals surface area contributed by atoms with Gasteiger partial charge in [0.1, 0.15) is 5.69 Å². The van der Waals surface area contributed by atoms with E-state index in [1.165, 1.54) is 18.4 Å². The van der Waals surface area contributed by atoms with E-state index >= 15 is 0 Å². The Morgan fingerprint density at radius 1 is 1.12 bits per heavy atom. The first kappa shape index (κ1) is 17.2. The standard InChI is InChI=1S/C21H27N3O2/c22-19-18(8-11-24(20(19)26)14-16-6-7-16)23-12-9-21(15-25,10-13-23)17-4-2-1-3-5-17/h1-5,8,11,16,25H,6-7,9-10,12-15,22H2. The van der Waals surface area contributed by atoms with Gasteiger partial charge in [-0.2, -0.15) is 0 Å². The summed E-state index contributed by atoms with van der Waals surface area (Å²) in [5.41, 5.74) is 8.30. The summed E-state index contributed by atoms with van der Waals surface area (Å²) in [6.45, 7) is 2.49. The minimum atomic E-state index is -0.201.